The van der Waals surface area contributed by atoms with Gasteiger partial charge in [0.25, 0.3) is 10.0 Å². The molecule has 0 unspecified atom stereocenters. The first-order chi connectivity index (χ1) is 19.4. The Morgan fingerprint density at radius 3 is 1.85 bits per heavy atom. The third kappa shape index (κ3) is 6.79. The fourth-order valence-electron chi connectivity index (χ4n) is 5.19. The summed E-state index contributed by atoms with van der Waals surface area (Å²) in [5.74, 6) is 0.133. The second-order valence-corrected chi connectivity index (χ2v) is 11.9. The number of piperazine rings is 1. The quantitative estimate of drug-likeness (QED) is 0.290. The minimum absolute atomic E-state index is 0.133. The Bertz CT molecular complexity index is 1460. The Morgan fingerprint density at radius 2 is 1.30 bits per heavy atom. The van der Waals surface area contributed by atoms with E-state index < -0.39 is 10.0 Å². The molecule has 0 radical (unpaired) electrons. The summed E-state index contributed by atoms with van der Waals surface area (Å²) >= 11 is 0. The molecular formula is C33H35N3O3S. The summed E-state index contributed by atoms with van der Waals surface area (Å²) in [4.78, 5) is 17.7. The Labute approximate surface area is 237 Å². The molecule has 0 bridgehead atoms. The smallest absolute Gasteiger partial charge is 0.261 e. The summed E-state index contributed by atoms with van der Waals surface area (Å²) in [6.07, 6.45) is 0.968. The number of aryl methyl sites for hydroxylation is 2. The van der Waals surface area contributed by atoms with Gasteiger partial charge in [-0.15, -0.1) is 0 Å². The number of carbonyl (C=O) groups is 1. The third-order valence-corrected chi connectivity index (χ3v) is 8.82. The normalized spacial score (nSPS) is 14.3. The van der Waals surface area contributed by atoms with Gasteiger partial charge >= 0.3 is 0 Å². The topological polar surface area (TPSA) is 69.7 Å². The van der Waals surface area contributed by atoms with Crippen LogP contribution in [-0.2, 0) is 21.2 Å². The summed E-state index contributed by atoms with van der Waals surface area (Å²) in [6, 6.07) is 35.2. The van der Waals surface area contributed by atoms with E-state index in [-0.39, 0.29) is 16.8 Å². The fraction of sp³-hybridized carbons (Fsp3) is 0.242. The maximum absolute atomic E-state index is 13.0. The number of benzene rings is 4. The van der Waals surface area contributed by atoms with Crippen LogP contribution in [0.5, 0.6) is 0 Å². The van der Waals surface area contributed by atoms with Gasteiger partial charge in [-0.05, 0) is 54.3 Å². The van der Waals surface area contributed by atoms with E-state index in [0.717, 1.165) is 24.2 Å². The number of anilines is 1. The van der Waals surface area contributed by atoms with Crippen molar-refractivity contribution in [1.82, 2.24) is 9.80 Å². The molecule has 0 spiro atoms. The molecule has 6 nitrogen and oxygen atoms in total. The van der Waals surface area contributed by atoms with Crippen LogP contribution in [0.3, 0.4) is 0 Å². The maximum Gasteiger partial charge on any atom is 0.261 e. The molecule has 1 amide bonds. The molecule has 1 aliphatic rings. The second-order valence-electron chi connectivity index (χ2n) is 10.3. The van der Waals surface area contributed by atoms with Gasteiger partial charge in [0.15, 0.2) is 0 Å². The number of carbonyl (C=O) groups excluding carboxylic acids is 1. The molecule has 0 aromatic heterocycles. The number of hydrogen-bond acceptors (Lipinski definition) is 4. The summed E-state index contributed by atoms with van der Waals surface area (Å²) < 4.78 is 28.1. The zero-order valence-corrected chi connectivity index (χ0v) is 23.6. The van der Waals surface area contributed by atoms with Crippen LogP contribution in [0.2, 0.25) is 0 Å². The second kappa shape index (κ2) is 12.5. The SMILES string of the molecule is Cc1ccc(NS(=O)(=O)c2ccc(CCC(=O)N3CCN(C(c4ccccc4)c4ccccc4)CC3)cc2)cc1. The third-order valence-electron chi connectivity index (χ3n) is 7.43. The van der Waals surface area contributed by atoms with Gasteiger partial charge in [0.1, 0.15) is 0 Å². The van der Waals surface area contributed by atoms with Crippen molar-refractivity contribution < 1.29 is 13.2 Å². The lowest BCUT2D eigenvalue weighted by Crippen LogP contribution is -2.49. The van der Waals surface area contributed by atoms with Crippen LogP contribution in [-0.4, -0.2) is 50.3 Å². The number of amides is 1. The van der Waals surface area contributed by atoms with E-state index in [1.165, 1.54) is 11.1 Å². The molecule has 206 valence electrons. The number of rotatable bonds is 9. The van der Waals surface area contributed by atoms with Crippen molar-refractivity contribution in [3.63, 3.8) is 0 Å². The molecule has 1 fully saturated rings. The Balaban J connectivity index is 1.15. The lowest BCUT2D eigenvalue weighted by atomic mass is 9.96. The summed E-state index contributed by atoms with van der Waals surface area (Å²) in [5.41, 5.74) is 5.04. The van der Waals surface area contributed by atoms with E-state index in [9.17, 15) is 13.2 Å². The fourth-order valence-corrected chi connectivity index (χ4v) is 6.25. The summed E-state index contributed by atoms with van der Waals surface area (Å²) in [5, 5.41) is 0. The van der Waals surface area contributed by atoms with Crippen LogP contribution in [0.4, 0.5) is 5.69 Å². The van der Waals surface area contributed by atoms with E-state index in [1.54, 1.807) is 36.4 Å². The van der Waals surface area contributed by atoms with Gasteiger partial charge in [0, 0.05) is 38.3 Å². The van der Waals surface area contributed by atoms with E-state index in [2.05, 4.69) is 58.2 Å². The lowest BCUT2D eigenvalue weighted by molar-refractivity contribution is -0.133. The molecule has 4 aromatic carbocycles. The Hall–Kier alpha value is -3.94. The molecule has 0 saturated carbocycles. The molecule has 40 heavy (non-hydrogen) atoms. The molecule has 0 aliphatic carbocycles. The van der Waals surface area contributed by atoms with Gasteiger partial charge in [0.2, 0.25) is 5.91 Å². The van der Waals surface area contributed by atoms with Gasteiger partial charge in [-0.3, -0.25) is 14.4 Å². The highest BCUT2D eigenvalue weighted by atomic mass is 32.2. The highest BCUT2D eigenvalue weighted by Crippen LogP contribution is 2.29. The summed E-state index contributed by atoms with van der Waals surface area (Å²) in [6.45, 7) is 4.95. The molecule has 1 heterocycles. The molecular weight excluding hydrogens is 518 g/mol. The molecule has 1 N–H and O–H groups in total. The Morgan fingerprint density at radius 1 is 0.750 bits per heavy atom. The zero-order chi connectivity index (χ0) is 28.0. The first-order valence-electron chi connectivity index (χ1n) is 13.7. The molecule has 1 aliphatic heterocycles. The van der Waals surface area contributed by atoms with Gasteiger partial charge in [-0.2, -0.15) is 0 Å². The summed E-state index contributed by atoms with van der Waals surface area (Å²) in [7, 11) is -3.67. The molecule has 0 atom stereocenters. The van der Waals surface area contributed by atoms with Crippen LogP contribution in [0, 0.1) is 6.92 Å². The first kappa shape index (κ1) is 27.6. The Kier molecular flexibility index (Phi) is 8.63. The van der Waals surface area contributed by atoms with Crippen molar-refractivity contribution in [2.75, 3.05) is 30.9 Å². The highest BCUT2D eigenvalue weighted by molar-refractivity contribution is 7.92. The molecule has 1 saturated heterocycles. The molecule has 5 rings (SSSR count). The predicted octanol–water partition coefficient (Wildman–Crippen LogP) is 5.66. The first-order valence-corrected chi connectivity index (χ1v) is 15.2. The largest absolute Gasteiger partial charge is 0.340 e. The van der Waals surface area contributed by atoms with Crippen LogP contribution in [0.1, 0.15) is 34.7 Å². The van der Waals surface area contributed by atoms with Gasteiger partial charge in [0.05, 0.1) is 10.9 Å². The van der Waals surface area contributed by atoms with Crippen LogP contribution in [0.15, 0.2) is 114 Å². The molecule has 4 aromatic rings. The van der Waals surface area contributed by atoms with E-state index >= 15 is 0 Å². The van der Waals surface area contributed by atoms with Gasteiger partial charge in [-0.1, -0.05) is 90.5 Å². The number of hydrogen-bond donors (Lipinski definition) is 1. The van der Waals surface area contributed by atoms with E-state index in [0.29, 0.717) is 31.6 Å². The lowest BCUT2D eigenvalue weighted by Gasteiger charge is -2.40. The number of nitrogens with zero attached hydrogens (tertiary/aromatic N) is 2. The van der Waals surface area contributed by atoms with Crippen molar-refractivity contribution >= 4 is 21.6 Å². The molecule has 7 heteroatoms. The standard InChI is InChI=1S/C33H35N3O3S/c1-26-12-17-30(18-13-26)34-40(38,39)31-19-14-27(15-20-31)16-21-32(37)35-22-24-36(25-23-35)33(28-8-4-2-5-9-28)29-10-6-3-7-11-29/h2-15,17-20,33-34H,16,21-25H2,1H3. The number of nitrogens with one attached hydrogen (secondary N) is 1. The van der Waals surface area contributed by atoms with Crippen LogP contribution in [0.25, 0.3) is 0 Å². The van der Waals surface area contributed by atoms with Crippen molar-refractivity contribution in [3.05, 3.63) is 131 Å². The van der Waals surface area contributed by atoms with Crippen molar-refractivity contribution in [3.8, 4) is 0 Å². The van der Waals surface area contributed by atoms with E-state index in [1.807, 2.05) is 36.1 Å². The average molecular weight is 554 g/mol. The number of sulfonamides is 1. The maximum atomic E-state index is 13.0. The van der Waals surface area contributed by atoms with Crippen molar-refractivity contribution in [2.24, 2.45) is 0 Å². The average Bonchev–Trinajstić information content (AvgIpc) is 2.99. The van der Waals surface area contributed by atoms with E-state index in [4.69, 9.17) is 0 Å². The predicted molar refractivity (Wildman–Crippen MR) is 160 cm³/mol. The minimum atomic E-state index is -3.67. The van der Waals surface area contributed by atoms with Crippen molar-refractivity contribution in [1.29, 1.82) is 0 Å². The van der Waals surface area contributed by atoms with Gasteiger partial charge < -0.3 is 4.90 Å². The van der Waals surface area contributed by atoms with Crippen LogP contribution < -0.4 is 4.72 Å². The zero-order valence-electron chi connectivity index (χ0n) is 22.7. The van der Waals surface area contributed by atoms with Crippen LogP contribution >= 0.6 is 0 Å². The minimum Gasteiger partial charge on any atom is -0.340 e. The van der Waals surface area contributed by atoms with Gasteiger partial charge in [-0.25, -0.2) is 8.42 Å². The highest BCUT2D eigenvalue weighted by Gasteiger charge is 2.28. The monoisotopic (exact) mass is 553 g/mol. The van der Waals surface area contributed by atoms with Crippen molar-refractivity contribution in [2.45, 2.75) is 30.7 Å².